The second kappa shape index (κ2) is 5.28. The highest BCUT2D eigenvalue weighted by Crippen LogP contribution is 2.19. The Balaban J connectivity index is 2.19. The Bertz CT molecular complexity index is 599. The summed E-state index contributed by atoms with van der Waals surface area (Å²) in [6.07, 6.45) is -0.560. The molecule has 0 spiro atoms. The second-order valence-corrected chi connectivity index (χ2v) is 4.58. The third kappa shape index (κ3) is 3.03. The summed E-state index contributed by atoms with van der Waals surface area (Å²) in [5.74, 6) is 1.10. The number of aliphatic hydroxyl groups is 1. The third-order valence-electron chi connectivity index (χ3n) is 2.91. The molecule has 1 heterocycles. The molecule has 1 unspecified atom stereocenters. The lowest BCUT2D eigenvalue weighted by molar-refractivity contribution is 0.102. The van der Waals surface area contributed by atoms with Crippen LogP contribution in [0.5, 0.6) is 0 Å². The van der Waals surface area contributed by atoms with Gasteiger partial charge in [-0.25, -0.2) is 0 Å². The zero-order valence-corrected chi connectivity index (χ0v) is 11.2. The molecule has 4 nitrogen and oxygen atoms in total. The molecule has 1 aromatic carbocycles. The maximum atomic E-state index is 12.1. The molecule has 0 fully saturated rings. The largest absolute Gasteiger partial charge is 0.466 e. The molecule has 0 saturated carbocycles. The fourth-order valence-corrected chi connectivity index (χ4v) is 1.93. The summed E-state index contributed by atoms with van der Waals surface area (Å²) in [5, 5.41) is 12.3. The number of aryl methyl sites for hydroxylation is 2. The monoisotopic (exact) mass is 259 g/mol. The lowest BCUT2D eigenvalue weighted by Crippen LogP contribution is -2.12. The quantitative estimate of drug-likeness (QED) is 0.889. The van der Waals surface area contributed by atoms with Crippen molar-refractivity contribution in [1.82, 2.24) is 0 Å². The van der Waals surface area contributed by atoms with Gasteiger partial charge in [-0.2, -0.15) is 0 Å². The number of carbonyl (C=O) groups is 1. The van der Waals surface area contributed by atoms with Gasteiger partial charge in [-0.3, -0.25) is 4.79 Å². The normalized spacial score (nSPS) is 12.2. The van der Waals surface area contributed by atoms with Crippen molar-refractivity contribution in [2.75, 3.05) is 5.32 Å². The molecule has 4 heteroatoms. The van der Waals surface area contributed by atoms with Gasteiger partial charge in [-0.15, -0.1) is 0 Å². The zero-order valence-electron chi connectivity index (χ0n) is 11.2. The van der Waals surface area contributed by atoms with E-state index in [4.69, 9.17) is 4.42 Å². The standard InChI is InChI=1S/C15H17NO3/c1-9-7-14(11(3)19-9)15(18)16-13-6-4-5-12(8-13)10(2)17/h4-8,10,17H,1-3H3,(H,16,18). The Hall–Kier alpha value is -2.07. The van der Waals surface area contributed by atoms with Crippen LogP contribution in [0, 0.1) is 13.8 Å². The van der Waals surface area contributed by atoms with Crippen molar-refractivity contribution in [2.24, 2.45) is 0 Å². The molecule has 0 saturated heterocycles. The summed E-state index contributed by atoms with van der Waals surface area (Å²) in [7, 11) is 0. The molecule has 1 aromatic heterocycles. The molecule has 100 valence electrons. The van der Waals surface area contributed by atoms with Crippen molar-refractivity contribution in [2.45, 2.75) is 26.9 Å². The number of amides is 1. The Morgan fingerprint density at radius 2 is 2.05 bits per heavy atom. The second-order valence-electron chi connectivity index (χ2n) is 4.58. The van der Waals surface area contributed by atoms with Gasteiger partial charge in [0.2, 0.25) is 0 Å². The molecule has 1 atom stereocenters. The van der Waals surface area contributed by atoms with Crippen LogP contribution in [0.4, 0.5) is 5.69 Å². The van der Waals surface area contributed by atoms with Gasteiger partial charge in [0, 0.05) is 5.69 Å². The number of furan rings is 1. The average Bonchev–Trinajstić information content (AvgIpc) is 2.69. The molecule has 19 heavy (non-hydrogen) atoms. The minimum absolute atomic E-state index is 0.211. The number of aliphatic hydroxyl groups excluding tert-OH is 1. The van der Waals surface area contributed by atoms with Gasteiger partial charge in [0.15, 0.2) is 0 Å². The van der Waals surface area contributed by atoms with Crippen LogP contribution in [-0.2, 0) is 0 Å². The van der Waals surface area contributed by atoms with E-state index in [1.54, 1.807) is 45.0 Å². The zero-order chi connectivity index (χ0) is 14.0. The van der Waals surface area contributed by atoms with Crippen molar-refractivity contribution in [3.63, 3.8) is 0 Å². The van der Waals surface area contributed by atoms with Gasteiger partial charge >= 0.3 is 0 Å². The highest BCUT2D eigenvalue weighted by atomic mass is 16.3. The maximum absolute atomic E-state index is 12.1. The Kier molecular flexibility index (Phi) is 3.71. The fraction of sp³-hybridized carbons (Fsp3) is 0.267. The van der Waals surface area contributed by atoms with E-state index in [1.165, 1.54) is 0 Å². The number of hydrogen-bond donors (Lipinski definition) is 2. The summed E-state index contributed by atoms with van der Waals surface area (Å²) in [6.45, 7) is 5.25. The molecular weight excluding hydrogens is 242 g/mol. The van der Waals surface area contributed by atoms with Crippen LogP contribution >= 0.6 is 0 Å². The number of benzene rings is 1. The summed E-state index contributed by atoms with van der Waals surface area (Å²) in [5.41, 5.74) is 1.94. The Morgan fingerprint density at radius 1 is 1.32 bits per heavy atom. The van der Waals surface area contributed by atoms with E-state index in [0.29, 0.717) is 22.8 Å². The summed E-state index contributed by atoms with van der Waals surface area (Å²) in [6, 6.07) is 8.86. The third-order valence-corrected chi connectivity index (χ3v) is 2.91. The van der Waals surface area contributed by atoms with E-state index in [-0.39, 0.29) is 5.91 Å². The first kappa shape index (κ1) is 13.4. The lowest BCUT2D eigenvalue weighted by Gasteiger charge is -2.08. The number of anilines is 1. The van der Waals surface area contributed by atoms with Gasteiger partial charge in [-0.05, 0) is 44.5 Å². The fourth-order valence-electron chi connectivity index (χ4n) is 1.93. The average molecular weight is 259 g/mol. The van der Waals surface area contributed by atoms with Crippen molar-refractivity contribution >= 4 is 11.6 Å². The van der Waals surface area contributed by atoms with E-state index in [0.717, 1.165) is 5.56 Å². The minimum atomic E-state index is -0.560. The van der Waals surface area contributed by atoms with Crippen LogP contribution in [0.3, 0.4) is 0 Å². The molecule has 2 rings (SSSR count). The first-order valence-corrected chi connectivity index (χ1v) is 6.14. The van der Waals surface area contributed by atoms with Crippen LogP contribution in [0.15, 0.2) is 34.7 Å². The van der Waals surface area contributed by atoms with Crippen molar-refractivity contribution in [3.05, 3.63) is 53.0 Å². The highest BCUT2D eigenvalue weighted by molar-refractivity contribution is 6.05. The first-order valence-electron chi connectivity index (χ1n) is 6.14. The van der Waals surface area contributed by atoms with Crippen molar-refractivity contribution in [1.29, 1.82) is 0 Å². The van der Waals surface area contributed by atoms with Crippen LogP contribution in [-0.4, -0.2) is 11.0 Å². The van der Waals surface area contributed by atoms with E-state index in [9.17, 15) is 9.90 Å². The molecule has 1 amide bonds. The molecule has 2 N–H and O–H groups in total. The van der Waals surface area contributed by atoms with Crippen molar-refractivity contribution in [3.8, 4) is 0 Å². The Morgan fingerprint density at radius 3 is 2.63 bits per heavy atom. The molecule has 2 aromatic rings. The summed E-state index contributed by atoms with van der Waals surface area (Å²) < 4.78 is 5.33. The first-order chi connectivity index (χ1) is 8.97. The highest BCUT2D eigenvalue weighted by Gasteiger charge is 2.13. The van der Waals surface area contributed by atoms with Gasteiger partial charge in [0.1, 0.15) is 11.5 Å². The smallest absolute Gasteiger partial charge is 0.259 e. The van der Waals surface area contributed by atoms with Gasteiger partial charge in [0.25, 0.3) is 5.91 Å². The van der Waals surface area contributed by atoms with E-state index in [2.05, 4.69) is 5.32 Å². The van der Waals surface area contributed by atoms with E-state index >= 15 is 0 Å². The minimum Gasteiger partial charge on any atom is -0.466 e. The van der Waals surface area contributed by atoms with E-state index in [1.807, 2.05) is 6.07 Å². The predicted octanol–water partition coefficient (Wildman–Crippen LogP) is 3.20. The molecule has 0 aliphatic rings. The van der Waals surface area contributed by atoms with Gasteiger partial charge in [-0.1, -0.05) is 12.1 Å². The number of hydrogen-bond acceptors (Lipinski definition) is 3. The van der Waals surface area contributed by atoms with Crippen LogP contribution in [0.25, 0.3) is 0 Å². The van der Waals surface area contributed by atoms with Gasteiger partial charge in [0.05, 0.1) is 11.7 Å². The lowest BCUT2D eigenvalue weighted by atomic mass is 10.1. The van der Waals surface area contributed by atoms with Crippen LogP contribution < -0.4 is 5.32 Å². The van der Waals surface area contributed by atoms with Crippen LogP contribution in [0.2, 0.25) is 0 Å². The molecule has 0 aliphatic carbocycles. The van der Waals surface area contributed by atoms with Gasteiger partial charge < -0.3 is 14.8 Å². The summed E-state index contributed by atoms with van der Waals surface area (Å²) in [4.78, 5) is 12.1. The maximum Gasteiger partial charge on any atom is 0.259 e. The molecule has 0 aliphatic heterocycles. The van der Waals surface area contributed by atoms with Crippen LogP contribution in [0.1, 0.15) is 40.5 Å². The Labute approximate surface area is 112 Å². The topological polar surface area (TPSA) is 62.5 Å². The molecule has 0 bridgehead atoms. The summed E-state index contributed by atoms with van der Waals surface area (Å²) >= 11 is 0. The number of rotatable bonds is 3. The SMILES string of the molecule is Cc1cc(C(=O)Nc2cccc(C(C)O)c2)c(C)o1. The number of nitrogens with one attached hydrogen (secondary N) is 1. The molecule has 0 radical (unpaired) electrons. The van der Waals surface area contributed by atoms with E-state index < -0.39 is 6.10 Å². The number of carbonyl (C=O) groups excluding carboxylic acids is 1. The predicted molar refractivity (Wildman–Crippen MR) is 73.2 cm³/mol. The van der Waals surface area contributed by atoms with Crippen molar-refractivity contribution < 1.29 is 14.3 Å². The molecular formula is C15H17NO3.